The molecule has 0 aliphatic rings. The van der Waals surface area contributed by atoms with E-state index in [1.165, 1.54) is 0 Å². The molecule has 0 amide bonds. The minimum absolute atomic E-state index is 0.185. The molecule has 0 radical (unpaired) electrons. The Hall–Kier alpha value is -1.58. The van der Waals surface area contributed by atoms with Crippen LogP contribution in [0.1, 0.15) is 19.9 Å². The van der Waals surface area contributed by atoms with E-state index in [0.717, 1.165) is 5.52 Å². The smallest absolute Gasteiger partial charge is 0.154 e. The molecule has 1 aromatic carbocycles. The van der Waals surface area contributed by atoms with Gasteiger partial charge in [-0.15, -0.1) is 5.10 Å². The molecule has 0 aliphatic carbocycles. The summed E-state index contributed by atoms with van der Waals surface area (Å²) in [5, 5.41) is 17.8. The second-order valence-corrected chi connectivity index (χ2v) is 3.26. The summed E-state index contributed by atoms with van der Waals surface area (Å²) in [5.74, 6) is 0.185. The Morgan fingerprint density at radius 2 is 2.08 bits per heavy atom. The summed E-state index contributed by atoms with van der Waals surface area (Å²) in [6, 6.07) is 5.42. The van der Waals surface area contributed by atoms with E-state index in [4.69, 9.17) is 0 Å². The number of rotatable bonds is 1. The van der Waals surface area contributed by atoms with Crippen molar-refractivity contribution in [3.8, 4) is 5.75 Å². The molecule has 68 valence electrons. The number of phenolic OH excluding ortho intramolecular Hbond substituents is 1. The van der Waals surface area contributed by atoms with Crippen LogP contribution in [-0.4, -0.2) is 20.1 Å². The van der Waals surface area contributed by atoms with Crippen LogP contribution >= 0.6 is 0 Å². The molecule has 0 spiro atoms. The van der Waals surface area contributed by atoms with Crippen LogP contribution in [0.3, 0.4) is 0 Å². The SMILES string of the molecule is CC(C)n1nc2cccc(O)c2n1. The van der Waals surface area contributed by atoms with E-state index in [1.54, 1.807) is 16.9 Å². The van der Waals surface area contributed by atoms with E-state index >= 15 is 0 Å². The topological polar surface area (TPSA) is 50.9 Å². The van der Waals surface area contributed by atoms with Crippen LogP contribution in [0.2, 0.25) is 0 Å². The van der Waals surface area contributed by atoms with Gasteiger partial charge in [0.25, 0.3) is 0 Å². The fourth-order valence-corrected chi connectivity index (χ4v) is 1.17. The van der Waals surface area contributed by atoms with Crippen molar-refractivity contribution in [3.63, 3.8) is 0 Å². The van der Waals surface area contributed by atoms with E-state index in [2.05, 4.69) is 10.2 Å². The molecule has 0 bridgehead atoms. The Balaban J connectivity index is 2.68. The highest BCUT2D eigenvalue weighted by Gasteiger charge is 2.07. The van der Waals surface area contributed by atoms with Crippen LogP contribution in [0.15, 0.2) is 18.2 Å². The molecular formula is C9H11N3O. The lowest BCUT2D eigenvalue weighted by molar-refractivity contribution is 0.462. The first kappa shape index (κ1) is 8.04. The zero-order valence-corrected chi connectivity index (χ0v) is 7.60. The molecule has 0 unspecified atom stereocenters. The summed E-state index contributed by atoms with van der Waals surface area (Å²) in [6.45, 7) is 3.99. The molecule has 0 saturated heterocycles. The molecule has 2 rings (SSSR count). The van der Waals surface area contributed by atoms with E-state index < -0.39 is 0 Å². The highest BCUT2D eigenvalue weighted by molar-refractivity contribution is 5.79. The van der Waals surface area contributed by atoms with Crippen molar-refractivity contribution in [2.75, 3.05) is 0 Å². The minimum Gasteiger partial charge on any atom is -0.506 e. The molecule has 13 heavy (non-hydrogen) atoms. The zero-order valence-electron chi connectivity index (χ0n) is 7.60. The van der Waals surface area contributed by atoms with Crippen molar-refractivity contribution in [1.82, 2.24) is 15.0 Å². The molecule has 0 saturated carbocycles. The van der Waals surface area contributed by atoms with Gasteiger partial charge in [0.15, 0.2) is 5.52 Å². The molecular weight excluding hydrogens is 166 g/mol. The maximum atomic E-state index is 9.45. The third-order valence-electron chi connectivity index (χ3n) is 1.87. The quantitative estimate of drug-likeness (QED) is 0.721. The summed E-state index contributed by atoms with van der Waals surface area (Å²) < 4.78 is 0. The maximum Gasteiger partial charge on any atom is 0.154 e. The van der Waals surface area contributed by atoms with Crippen LogP contribution in [0.4, 0.5) is 0 Å². The Bertz CT molecular complexity index is 433. The third-order valence-corrected chi connectivity index (χ3v) is 1.87. The van der Waals surface area contributed by atoms with E-state index in [9.17, 15) is 5.11 Å². The van der Waals surface area contributed by atoms with Gasteiger partial charge in [-0.3, -0.25) is 0 Å². The molecule has 0 aliphatic heterocycles. The van der Waals surface area contributed by atoms with Gasteiger partial charge in [0, 0.05) is 0 Å². The standard InChI is InChI=1S/C9H11N3O/c1-6(2)12-10-7-4-3-5-8(13)9(7)11-12/h3-6,13H,1-2H3. The molecule has 4 heteroatoms. The number of aromatic hydroxyl groups is 1. The summed E-state index contributed by atoms with van der Waals surface area (Å²) in [5.41, 5.74) is 1.30. The van der Waals surface area contributed by atoms with Gasteiger partial charge in [-0.1, -0.05) is 6.07 Å². The summed E-state index contributed by atoms with van der Waals surface area (Å²) >= 11 is 0. The van der Waals surface area contributed by atoms with Gasteiger partial charge in [0.1, 0.15) is 11.3 Å². The molecule has 1 aromatic heterocycles. The first-order valence-electron chi connectivity index (χ1n) is 4.23. The average Bonchev–Trinajstić information content (AvgIpc) is 2.49. The Morgan fingerprint density at radius 3 is 2.69 bits per heavy atom. The first-order valence-corrected chi connectivity index (χ1v) is 4.23. The normalized spacial score (nSPS) is 11.3. The van der Waals surface area contributed by atoms with Crippen molar-refractivity contribution in [3.05, 3.63) is 18.2 Å². The van der Waals surface area contributed by atoms with E-state index in [1.807, 2.05) is 19.9 Å². The monoisotopic (exact) mass is 177 g/mol. The Morgan fingerprint density at radius 1 is 1.31 bits per heavy atom. The van der Waals surface area contributed by atoms with Crippen molar-refractivity contribution in [2.24, 2.45) is 0 Å². The predicted octanol–water partition coefficient (Wildman–Crippen LogP) is 1.72. The molecule has 0 fully saturated rings. The van der Waals surface area contributed by atoms with Crippen molar-refractivity contribution >= 4 is 11.0 Å². The number of hydrogen-bond donors (Lipinski definition) is 1. The second-order valence-electron chi connectivity index (χ2n) is 3.26. The average molecular weight is 177 g/mol. The van der Waals surface area contributed by atoms with Gasteiger partial charge in [-0.2, -0.15) is 9.90 Å². The van der Waals surface area contributed by atoms with Gasteiger partial charge in [-0.25, -0.2) is 0 Å². The van der Waals surface area contributed by atoms with Crippen molar-refractivity contribution in [1.29, 1.82) is 0 Å². The lowest BCUT2D eigenvalue weighted by atomic mass is 10.3. The number of fused-ring (bicyclic) bond motifs is 1. The number of nitrogens with zero attached hydrogens (tertiary/aromatic N) is 3. The molecule has 1 N–H and O–H groups in total. The van der Waals surface area contributed by atoms with Gasteiger partial charge in [0.05, 0.1) is 6.04 Å². The molecule has 1 heterocycles. The largest absolute Gasteiger partial charge is 0.506 e. The van der Waals surface area contributed by atoms with Crippen LogP contribution in [0, 0.1) is 0 Å². The lowest BCUT2D eigenvalue weighted by Gasteiger charge is -1.99. The number of phenols is 1. The van der Waals surface area contributed by atoms with Crippen LogP contribution in [-0.2, 0) is 0 Å². The minimum atomic E-state index is 0.185. The van der Waals surface area contributed by atoms with Gasteiger partial charge in [0.2, 0.25) is 0 Å². The summed E-state index contributed by atoms with van der Waals surface area (Å²) in [4.78, 5) is 1.60. The van der Waals surface area contributed by atoms with Crippen molar-refractivity contribution in [2.45, 2.75) is 19.9 Å². The van der Waals surface area contributed by atoms with E-state index in [0.29, 0.717) is 5.52 Å². The van der Waals surface area contributed by atoms with Crippen molar-refractivity contribution < 1.29 is 5.11 Å². The summed E-state index contributed by atoms with van der Waals surface area (Å²) in [6.07, 6.45) is 0. The Kier molecular flexibility index (Phi) is 1.69. The lowest BCUT2D eigenvalue weighted by Crippen LogP contribution is -2.04. The van der Waals surface area contributed by atoms with Crippen LogP contribution in [0.25, 0.3) is 11.0 Å². The fourth-order valence-electron chi connectivity index (χ4n) is 1.17. The molecule has 0 atom stereocenters. The van der Waals surface area contributed by atoms with Crippen LogP contribution in [0.5, 0.6) is 5.75 Å². The number of benzene rings is 1. The predicted molar refractivity (Wildman–Crippen MR) is 49.6 cm³/mol. The molecule has 2 aromatic rings. The van der Waals surface area contributed by atoms with Gasteiger partial charge < -0.3 is 5.11 Å². The zero-order chi connectivity index (χ0) is 9.42. The number of aromatic nitrogens is 3. The highest BCUT2D eigenvalue weighted by Crippen LogP contribution is 2.20. The third kappa shape index (κ3) is 1.24. The highest BCUT2D eigenvalue weighted by atomic mass is 16.3. The second kappa shape index (κ2) is 2.73. The van der Waals surface area contributed by atoms with Crippen LogP contribution < -0.4 is 0 Å². The summed E-state index contributed by atoms with van der Waals surface area (Å²) in [7, 11) is 0. The Labute approximate surface area is 75.8 Å². The van der Waals surface area contributed by atoms with Gasteiger partial charge >= 0.3 is 0 Å². The maximum absolute atomic E-state index is 9.45. The van der Waals surface area contributed by atoms with E-state index in [-0.39, 0.29) is 11.8 Å². The molecule has 4 nitrogen and oxygen atoms in total. The fraction of sp³-hybridized carbons (Fsp3) is 0.333. The van der Waals surface area contributed by atoms with Gasteiger partial charge in [-0.05, 0) is 26.0 Å². The number of hydrogen-bond acceptors (Lipinski definition) is 3. The first-order chi connectivity index (χ1) is 6.18.